The number of carbonyl (C=O) groups excluding carboxylic acids is 1. The lowest BCUT2D eigenvalue weighted by Crippen LogP contribution is -2.41. The van der Waals surface area contributed by atoms with E-state index in [4.69, 9.17) is 4.42 Å². The van der Waals surface area contributed by atoms with Gasteiger partial charge in [0.05, 0.1) is 6.04 Å². The van der Waals surface area contributed by atoms with Gasteiger partial charge in [0.25, 0.3) is 0 Å². The molecular formula is C22H24FN3O2. The zero-order chi connectivity index (χ0) is 19.5. The molecule has 1 aliphatic rings. The van der Waals surface area contributed by atoms with Crippen molar-refractivity contribution in [1.29, 1.82) is 0 Å². The summed E-state index contributed by atoms with van der Waals surface area (Å²) in [6.45, 7) is 4.18. The summed E-state index contributed by atoms with van der Waals surface area (Å²) < 4.78 is 18.9. The van der Waals surface area contributed by atoms with E-state index in [1.807, 2.05) is 24.3 Å². The smallest absolute Gasteiger partial charge is 0.223 e. The fourth-order valence-electron chi connectivity index (χ4n) is 3.71. The van der Waals surface area contributed by atoms with E-state index in [1.54, 1.807) is 12.1 Å². The van der Waals surface area contributed by atoms with Gasteiger partial charge in [-0.25, -0.2) is 9.37 Å². The Morgan fingerprint density at radius 1 is 1.21 bits per heavy atom. The van der Waals surface area contributed by atoms with E-state index < -0.39 is 0 Å². The first-order valence-corrected chi connectivity index (χ1v) is 9.72. The highest BCUT2D eigenvalue weighted by Crippen LogP contribution is 2.28. The number of hydrogen-bond donors (Lipinski definition) is 1. The SMILES string of the molecule is CC(c1nc2ccccc2o1)N1CCC(C(=O)NCc2ccc(F)cc2)CC1. The van der Waals surface area contributed by atoms with Gasteiger partial charge < -0.3 is 9.73 Å². The Kier molecular flexibility index (Phi) is 5.39. The van der Waals surface area contributed by atoms with Crippen molar-refractivity contribution in [1.82, 2.24) is 15.2 Å². The average molecular weight is 381 g/mol. The Labute approximate surface area is 163 Å². The zero-order valence-electron chi connectivity index (χ0n) is 15.9. The fourth-order valence-corrected chi connectivity index (χ4v) is 3.71. The van der Waals surface area contributed by atoms with Crippen LogP contribution >= 0.6 is 0 Å². The van der Waals surface area contributed by atoms with E-state index in [2.05, 4.69) is 22.1 Å². The standard InChI is InChI=1S/C22H24FN3O2/c1-15(22-25-19-4-2-3-5-20(19)28-22)26-12-10-17(11-13-26)21(27)24-14-16-6-8-18(23)9-7-16/h2-9,15,17H,10-14H2,1H3,(H,24,27). The highest BCUT2D eigenvalue weighted by Gasteiger charge is 2.29. The number of piperidine rings is 1. The molecule has 1 unspecified atom stereocenters. The number of rotatable bonds is 5. The number of halogens is 1. The summed E-state index contributed by atoms with van der Waals surface area (Å²) in [4.78, 5) is 19.4. The van der Waals surface area contributed by atoms with Crippen molar-refractivity contribution in [3.63, 3.8) is 0 Å². The molecule has 1 N–H and O–H groups in total. The van der Waals surface area contributed by atoms with E-state index in [0.29, 0.717) is 6.54 Å². The van der Waals surface area contributed by atoms with E-state index in [0.717, 1.165) is 48.5 Å². The van der Waals surface area contributed by atoms with Crippen LogP contribution in [0.25, 0.3) is 11.1 Å². The van der Waals surface area contributed by atoms with Gasteiger partial charge >= 0.3 is 0 Å². The maximum Gasteiger partial charge on any atom is 0.223 e. The van der Waals surface area contributed by atoms with Crippen molar-refractivity contribution in [2.45, 2.75) is 32.4 Å². The van der Waals surface area contributed by atoms with Crippen molar-refractivity contribution >= 4 is 17.0 Å². The van der Waals surface area contributed by atoms with Gasteiger partial charge in [0, 0.05) is 12.5 Å². The van der Waals surface area contributed by atoms with Crippen LogP contribution in [0.5, 0.6) is 0 Å². The number of benzene rings is 2. The summed E-state index contributed by atoms with van der Waals surface area (Å²) in [5.41, 5.74) is 2.58. The number of oxazole rings is 1. The monoisotopic (exact) mass is 381 g/mol. The molecule has 0 radical (unpaired) electrons. The number of amides is 1. The fraction of sp³-hybridized carbons (Fsp3) is 0.364. The van der Waals surface area contributed by atoms with E-state index in [1.165, 1.54) is 12.1 Å². The molecule has 1 aliphatic heterocycles. The summed E-state index contributed by atoms with van der Waals surface area (Å²) in [5.74, 6) is 0.530. The second-order valence-electron chi connectivity index (χ2n) is 7.35. The molecule has 5 nitrogen and oxygen atoms in total. The third-order valence-electron chi connectivity index (χ3n) is 5.50. The third-order valence-corrected chi connectivity index (χ3v) is 5.50. The molecule has 3 aromatic rings. The summed E-state index contributed by atoms with van der Waals surface area (Å²) >= 11 is 0. The number of fused-ring (bicyclic) bond motifs is 1. The van der Waals surface area contributed by atoms with Gasteiger partial charge in [-0.3, -0.25) is 9.69 Å². The van der Waals surface area contributed by atoms with Crippen LogP contribution in [-0.2, 0) is 11.3 Å². The van der Waals surface area contributed by atoms with Gasteiger partial charge in [-0.2, -0.15) is 0 Å². The highest BCUT2D eigenvalue weighted by molar-refractivity contribution is 5.78. The first-order valence-electron chi connectivity index (χ1n) is 9.72. The number of carbonyl (C=O) groups is 1. The zero-order valence-corrected chi connectivity index (χ0v) is 15.9. The van der Waals surface area contributed by atoms with Crippen molar-refractivity contribution in [2.75, 3.05) is 13.1 Å². The van der Waals surface area contributed by atoms with Crippen molar-refractivity contribution in [3.05, 3.63) is 65.8 Å². The molecule has 6 heteroatoms. The van der Waals surface area contributed by atoms with E-state index >= 15 is 0 Å². The number of para-hydroxylation sites is 2. The molecule has 1 atom stereocenters. The lowest BCUT2D eigenvalue weighted by molar-refractivity contribution is -0.126. The molecule has 1 amide bonds. The Hall–Kier alpha value is -2.73. The van der Waals surface area contributed by atoms with Crippen LogP contribution in [0.1, 0.15) is 37.3 Å². The van der Waals surface area contributed by atoms with Gasteiger partial charge in [-0.05, 0) is 62.7 Å². The predicted octanol–water partition coefficient (Wildman–Crippen LogP) is 4.06. The first kappa shape index (κ1) is 18.6. The van der Waals surface area contributed by atoms with Crippen molar-refractivity contribution in [2.24, 2.45) is 5.92 Å². The van der Waals surface area contributed by atoms with Gasteiger partial charge in [0.2, 0.25) is 11.8 Å². The number of aromatic nitrogens is 1. The van der Waals surface area contributed by atoms with E-state index in [-0.39, 0.29) is 23.7 Å². The van der Waals surface area contributed by atoms with Gasteiger partial charge in [0.1, 0.15) is 11.3 Å². The summed E-state index contributed by atoms with van der Waals surface area (Å²) in [6, 6.07) is 14.1. The number of likely N-dealkylation sites (tertiary alicyclic amines) is 1. The molecule has 1 saturated heterocycles. The lowest BCUT2D eigenvalue weighted by Gasteiger charge is -2.34. The highest BCUT2D eigenvalue weighted by atomic mass is 19.1. The molecule has 1 fully saturated rings. The minimum absolute atomic E-state index is 0.00697. The minimum atomic E-state index is -0.268. The van der Waals surface area contributed by atoms with Crippen LogP contribution in [-0.4, -0.2) is 28.9 Å². The Morgan fingerprint density at radius 2 is 1.93 bits per heavy atom. The molecule has 28 heavy (non-hydrogen) atoms. The lowest BCUT2D eigenvalue weighted by atomic mass is 9.95. The van der Waals surface area contributed by atoms with Gasteiger partial charge in [0.15, 0.2) is 5.58 Å². The minimum Gasteiger partial charge on any atom is -0.439 e. The molecule has 146 valence electrons. The Morgan fingerprint density at radius 3 is 2.64 bits per heavy atom. The van der Waals surface area contributed by atoms with Crippen molar-refractivity contribution < 1.29 is 13.6 Å². The quantitative estimate of drug-likeness (QED) is 0.724. The molecule has 0 aliphatic carbocycles. The van der Waals surface area contributed by atoms with Crippen LogP contribution in [0.4, 0.5) is 4.39 Å². The van der Waals surface area contributed by atoms with Crippen molar-refractivity contribution in [3.8, 4) is 0 Å². The number of nitrogens with zero attached hydrogens (tertiary/aromatic N) is 2. The second kappa shape index (κ2) is 8.10. The van der Waals surface area contributed by atoms with E-state index in [9.17, 15) is 9.18 Å². The Bertz CT molecular complexity index is 913. The largest absolute Gasteiger partial charge is 0.439 e. The normalized spacial score (nSPS) is 16.9. The second-order valence-corrected chi connectivity index (χ2v) is 7.35. The van der Waals surface area contributed by atoms with Gasteiger partial charge in [-0.1, -0.05) is 24.3 Å². The topological polar surface area (TPSA) is 58.4 Å². The first-order chi connectivity index (χ1) is 13.6. The maximum atomic E-state index is 13.0. The average Bonchev–Trinajstić information content (AvgIpc) is 3.17. The number of hydrogen-bond acceptors (Lipinski definition) is 4. The molecule has 2 heterocycles. The Balaban J connectivity index is 1.29. The predicted molar refractivity (Wildman–Crippen MR) is 105 cm³/mol. The van der Waals surface area contributed by atoms with Gasteiger partial charge in [-0.15, -0.1) is 0 Å². The van der Waals surface area contributed by atoms with Crippen LogP contribution in [0, 0.1) is 11.7 Å². The third kappa shape index (κ3) is 4.07. The van der Waals surface area contributed by atoms with Crippen LogP contribution in [0.15, 0.2) is 52.9 Å². The molecule has 0 saturated carbocycles. The summed E-state index contributed by atoms with van der Waals surface area (Å²) in [5, 5.41) is 2.97. The number of nitrogens with one attached hydrogen (secondary N) is 1. The molecule has 2 aromatic carbocycles. The molecular weight excluding hydrogens is 357 g/mol. The maximum absolute atomic E-state index is 13.0. The summed E-state index contributed by atoms with van der Waals surface area (Å²) in [6.07, 6.45) is 1.61. The van der Waals surface area contributed by atoms with Crippen LogP contribution in [0.2, 0.25) is 0 Å². The van der Waals surface area contributed by atoms with Crippen LogP contribution < -0.4 is 5.32 Å². The molecule has 0 spiro atoms. The summed E-state index contributed by atoms with van der Waals surface area (Å²) in [7, 11) is 0. The van der Waals surface area contributed by atoms with Crippen LogP contribution in [0.3, 0.4) is 0 Å². The molecule has 4 rings (SSSR count). The molecule has 1 aromatic heterocycles. The molecule has 0 bridgehead atoms.